The minimum atomic E-state index is 0.0148. The smallest absolute Gasteiger partial charge is 0.198 e. The lowest BCUT2D eigenvalue weighted by Crippen LogP contribution is -2.03. The molecule has 2 aromatic rings. The van der Waals surface area contributed by atoms with E-state index >= 15 is 0 Å². The Morgan fingerprint density at radius 1 is 1.25 bits per heavy atom. The van der Waals surface area contributed by atoms with E-state index in [4.69, 9.17) is 14.9 Å². The number of hydrogen-bond acceptors (Lipinski definition) is 4. The van der Waals surface area contributed by atoms with Gasteiger partial charge in [0.15, 0.2) is 17.4 Å². The van der Waals surface area contributed by atoms with E-state index in [9.17, 15) is 5.11 Å². The van der Waals surface area contributed by atoms with E-state index < -0.39 is 0 Å². The Bertz CT molecular complexity index is 644. The number of ether oxygens (including phenoxy) is 2. The average molecular weight is 276 g/mol. The first-order valence-corrected chi connectivity index (χ1v) is 6.52. The molecule has 0 unspecified atom stereocenters. The van der Waals surface area contributed by atoms with Crippen molar-refractivity contribution in [1.82, 2.24) is 4.98 Å². The molecule has 1 heterocycles. The molecule has 0 saturated carbocycles. The van der Waals surface area contributed by atoms with E-state index in [1.807, 2.05) is 13.8 Å². The first-order chi connectivity index (χ1) is 9.47. The monoisotopic (exact) mass is 276 g/mol. The Morgan fingerprint density at radius 3 is 2.40 bits per heavy atom. The molecule has 0 saturated heterocycles. The summed E-state index contributed by atoms with van der Waals surface area (Å²) in [5.41, 5.74) is 1.68. The molecule has 5 nitrogen and oxygen atoms in total. The maximum atomic E-state index is 10.1. The molecule has 0 fully saturated rings. The highest BCUT2D eigenvalue weighted by atomic mass is 16.5. The lowest BCUT2D eigenvalue weighted by atomic mass is 9.99. The summed E-state index contributed by atoms with van der Waals surface area (Å²) >= 11 is 0. The summed E-state index contributed by atoms with van der Waals surface area (Å²) in [6.45, 7) is 4.09. The molecule has 3 N–H and O–H groups in total. The summed E-state index contributed by atoms with van der Waals surface area (Å²) in [5.74, 6) is 1.54. The number of aromatic amines is 1. The highest BCUT2D eigenvalue weighted by molar-refractivity contribution is 6.12. The summed E-state index contributed by atoms with van der Waals surface area (Å²) < 4.78 is 10.5. The Balaban J connectivity index is 2.60. The second kappa shape index (κ2) is 5.45. The first-order valence-electron chi connectivity index (χ1n) is 6.52. The van der Waals surface area contributed by atoms with Crippen LogP contribution in [0.4, 0.5) is 0 Å². The molecule has 0 amide bonds. The summed E-state index contributed by atoms with van der Waals surface area (Å²) in [6, 6.07) is 3.55. The van der Waals surface area contributed by atoms with Gasteiger partial charge in [0, 0.05) is 17.2 Å². The number of H-pyrrole nitrogens is 1. The summed E-state index contributed by atoms with van der Waals surface area (Å²) in [5, 5.41) is 19.0. The van der Waals surface area contributed by atoms with Gasteiger partial charge in [0.1, 0.15) is 0 Å². The zero-order valence-corrected chi connectivity index (χ0v) is 12.2. The molecule has 0 atom stereocenters. The molecule has 0 aliphatic carbocycles. The zero-order chi connectivity index (χ0) is 14.9. The maximum absolute atomic E-state index is 10.1. The number of rotatable bonds is 5. The molecule has 1 aromatic heterocycles. The van der Waals surface area contributed by atoms with Crippen molar-refractivity contribution in [1.29, 1.82) is 5.41 Å². The van der Waals surface area contributed by atoms with Gasteiger partial charge in [0.05, 0.1) is 25.3 Å². The van der Waals surface area contributed by atoms with Crippen molar-refractivity contribution in [2.45, 2.75) is 20.3 Å². The second-order valence-electron chi connectivity index (χ2n) is 5.18. The van der Waals surface area contributed by atoms with Crippen LogP contribution in [-0.4, -0.2) is 30.0 Å². The molecule has 0 aliphatic rings. The van der Waals surface area contributed by atoms with Crippen LogP contribution in [0.5, 0.6) is 17.4 Å². The van der Waals surface area contributed by atoms with Gasteiger partial charge in [-0.05, 0) is 18.4 Å². The number of methoxy groups -OCH3 is 2. The minimum absolute atomic E-state index is 0.0148. The third-order valence-corrected chi connectivity index (χ3v) is 3.20. The topological polar surface area (TPSA) is 78.3 Å². The zero-order valence-electron chi connectivity index (χ0n) is 12.2. The highest BCUT2D eigenvalue weighted by Crippen LogP contribution is 2.37. The van der Waals surface area contributed by atoms with Gasteiger partial charge in [-0.1, -0.05) is 13.8 Å². The molecule has 2 rings (SSSR count). The largest absolute Gasteiger partial charge is 0.494 e. The van der Waals surface area contributed by atoms with Crippen LogP contribution in [0.2, 0.25) is 0 Å². The Morgan fingerprint density at radius 2 is 1.85 bits per heavy atom. The van der Waals surface area contributed by atoms with Crippen molar-refractivity contribution >= 4 is 16.6 Å². The normalized spacial score (nSPS) is 11.1. The number of aromatic hydroxyl groups is 1. The third-order valence-electron chi connectivity index (χ3n) is 3.20. The van der Waals surface area contributed by atoms with E-state index in [-0.39, 0.29) is 5.88 Å². The molecule has 108 valence electrons. The predicted octanol–water partition coefficient (Wildman–Crippen LogP) is 3.30. The molecule has 5 heteroatoms. The fourth-order valence-corrected chi connectivity index (χ4v) is 2.32. The molecule has 0 bridgehead atoms. The average Bonchev–Trinajstić information content (AvgIpc) is 2.70. The van der Waals surface area contributed by atoms with Crippen LogP contribution in [0.1, 0.15) is 25.8 Å². The number of hydrogen-bond donors (Lipinski definition) is 3. The van der Waals surface area contributed by atoms with Gasteiger partial charge in [-0.15, -0.1) is 0 Å². The molecule has 1 aromatic carbocycles. The fraction of sp³-hybridized carbons (Fsp3) is 0.400. The maximum Gasteiger partial charge on any atom is 0.198 e. The number of fused-ring (bicyclic) bond motifs is 1. The molecule has 0 spiro atoms. The van der Waals surface area contributed by atoms with Crippen molar-refractivity contribution in [3.8, 4) is 17.4 Å². The number of nitrogens with one attached hydrogen (secondary N) is 2. The van der Waals surface area contributed by atoms with E-state index in [1.54, 1.807) is 26.4 Å². The van der Waals surface area contributed by atoms with Gasteiger partial charge in [-0.25, -0.2) is 0 Å². The van der Waals surface area contributed by atoms with Crippen LogP contribution >= 0.6 is 0 Å². The highest BCUT2D eigenvalue weighted by Gasteiger charge is 2.18. The lowest BCUT2D eigenvalue weighted by Gasteiger charge is -2.09. The predicted molar refractivity (Wildman–Crippen MR) is 79.4 cm³/mol. The van der Waals surface area contributed by atoms with Crippen LogP contribution in [0.15, 0.2) is 12.1 Å². The van der Waals surface area contributed by atoms with Crippen LogP contribution in [0.25, 0.3) is 10.9 Å². The Kier molecular flexibility index (Phi) is 3.88. The molecular formula is C15H20N2O3. The number of aromatic nitrogens is 1. The van der Waals surface area contributed by atoms with Gasteiger partial charge in [0.2, 0.25) is 0 Å². The Hall–Kier alpha value is -2.17. The van der Waals surface area contributed by atoms with Gasteiger partial charge >= 0.3 is 0 Å². The van der Waals surface area contributed by atoms with Crippen molar-refractivity contribution in [3.05, 3.63) is 17.7 Å². The molecule has 20 heavy (non-hydrogen) atoms. The minimum Gasteiger partial charge on any atom is -0.494 e. The van der Waals surface area contributed by atoms with Gasteiger partial charge < -0.3 is 25.0 Å². The van der Waals surface area contributed by atoms with Crippen molar-refractivity contribution in [2.24, 2.45) is 5.92 Å². The van der Waals surface area contributed by atoms with Crippen molar-refractivity contribution < 1.29 is 14.6 Å². The second-order valence-corrected chi connectivity index (χ2v) is 5.18. The summed E-state index contributed by atoms with van der Waals surface area (Å²) in [7, 11) is 3.13. The quantitative estimate of drug-likeness (QED) is 0.733. The first kappa shape index (κ1) is 14.2. The molecular weight excluding hydrogens is 256 g/mol. The van der Waals surface area contributed by atoms with Gasteiger partial charge in [0.25, 0.3) is 0 Å². The van der Waals surface area contributed by atoms with Crippen LogP contribution in [0.3, 0.4) is 0 Å². The Labute approximate surface area is 118 Å². The fourth-order valence-electron chi connectivity index (χ4n) is 2.32. The van der Waals surface area contributed by atoms with Crippen LogP contribution in [-0.2, 0) is 0 Å². The van der Waals surface area contributed by atoms with E-state index in [0.717, 1.165) is 10.9 Å². The van der Waals surface area contributed by atoms with Crippen molar-refractivity contribution in [2.75, 3.05) is 14.2 Å². The third kappa shape index (κ3) is 2.43. The SMILES string of the molecule is COc1cc2[nH]c(O)c(C(=N)CC(C)C)c2cc1OC. The lowest BCUT2D eigenvalue weighted by molar-refractivity contribution is 0.356. The molecule has 0 radical (unpaired) electrons. The van der Waals surface area contributed by atoms with Gasteiger partial charge in [-0.2, -0.15) is 0 Å². The van der Waals surface area contributed by atoms with E-state index in [1.165, 1.54) is 0 Å². The molecule has 0 aliphatic heterocycles. The van der Waals surface area contributed by atoms with E-state index in [2.05, 4.69) is 4.98 Å². The van der Waals surface area contributed by atoms with Crippen LogP contribution in [0, 0.1) is 11.3 Å². The van der Waals surface area contributed by atoms with Crippen LogP contribution < -0.4 is 9.47 Å². The summed E-state index contributed by atoms with van der Waals surface area (Å²) in [4.78, 5) is 2.89. The number of benzene rings is 1. The van der Waals surface area contributed by atoms with Crippen molar-refractivity contribution in [3.63, 3.8) is 0 Å². The van der Waals surface area contributed by atoms with E-state index in [0.29, 0.717) is 35.1 Å². The summed E-state index contributed by atoms with van der Waals surface area (Å²) in [6.07, 6.45) is 0.606. The standard InChI is InChI=1S/C15H20N2O3/c1-8(2)5-10(16)14-9-6-12(19-3)13(20-4)7-11(9)17-15(14)18/h6-8,16-18H,5H2,1-4H3. The van der Waals surface area contributed by atoms with Gasteiger partial charge in [-0.3, -0.25) is 0 Å².